The van der Waals surface area contributed by atoms with Gasteiger partial charge in [0, 0.05) is 12.6 Å². The summed E-state index contributed by atoms with van der Waals surface area (Å²) in [5.74, 6) is -2.67. The van der Waals surface area contributed by atoms with Crippen molar-refractivity contribution in [1.29, 1.82) is 0 Å². The highest BCUT2D eigenvalue weighted by Crippen LogP contribution is 2.20. The van der Waals surface area contributed by atoms with E-state index in [2.05, 4.69) is 20.6 Å². The fourth-order valence-corrected chi connectivity index (χ4v) is 1.99. The molecule has 0 atom stereocenters. The molecule has 0 unspecified atom stereocenters. The number of carbonyl (C=O) groups excluding carboxylic acids is 1. The van der Waals surface area contributed by atoms with Gasteiger partial charge in [-0.15, -0.1) is 5.10 Å². The summed E-state index contributed by atoms with van der Waals surface area (Å²) >= 11 is 0. The van der Waals surface area contributed by atoms with Crippen molar-refractivity contribution in [1.82, 2.24) is 20.0 Å². The first-order valence-corrected chi connectivity index (χ1v) is 6.55. The van der Waals surface area contributed by atoms with Crippen molar-refractivity contribution >= 4 is 11.9 Å². The number of benzene rings is 1. The second kappa shape index (κ2) is 5.59. The van der Waals surface area contributed by atoms with Crippen molar-refractivity contribution in [3.63, 3.8) is 0 Å². The Hall–Kier alpha value is -3.10. The fraction of sp³-hybridized carbons (Fsp3) is 0.143. The summed E-state index contributed by atoms with van der Waals surface area (Å²) in [4.78, 5) is 11.9. The Morgan fingerprint density at radius 3 is 2.65 bits per heavy atom. The molecule has 0 aliphatic rings. The molecule has 0 spiro atoms. The van der Waals surface area contributed by atoms with E-state index in [4.69, 9.17) is 4.42 Å². The first-order valence-electron chi connectivity index (χ1n) is 6.55. The van der Waals surface area contributed by atoms with Gasteiger partial charge in [0.2, 0.25) is 0 Å². The molecule has 118 valence electrons. The monoisotopic (exact) mass is 319 g/mol. The Morgan fingerprint density at radius 2 is 2.00 bits per heavy atom. The van der Waals surface area contributed by atoms with Crippen LogP contribution < -0.4 is 5.32 Å². The van der Waals surface area contributed by atoms with Crippen LogP contribution in [0.3, 0.4) is 0 Å². The van der Waals surface area contributed by atoms with Crippen LogP contribution in [0.1, 0.15) is 16.1 Å². The summed E-state index contributed by atoms with van der Waals surface area (Å²) in [5, 5.41) is 14.0. The number of carbonyl (C=O) groups is 1. The molecule has 0 bridgehead atoms. The number of halogens is 2. The minimum absolute atomic E-state index is 0.0694. The highest BCUT2D eigenvalue weighted by Gasteiger charge is 2.16. The van der Waals surface area contributed by atoms with Gasteiger partial charge in [0.1, 0.15) is 5.69 Å². The quantitative estimate of drug-likeness (QED) is 0.800. The molecule has 1 aromatic carbocycles. The van der Waals surface area contributed by atoms with Crippen LogP contribution in [-0.4, -0.2) is 25.9 Å². The van der Waals surface area contributed by atoms with Gasteiger partial charge in [-0.25, -0.2) is 8.78 Å². The minimum Gasteiger partial charge on any atom is -0.401 e. The number of amides is 1. The Labute approximate surface area is 128 Å². The van der Waals surface area contributed by atoms with E-state index in [1.54, 1.807) is 17.8 Å². The van der Waals surface area contributed by atoms with Crippen molar-refractivity contribution in [3.8, 4) is 11.6 Å². The molecule has 0 fully saturated rings. The minimum atomic E-state index is -1.12. The maximum atomic E-state index is 13.1. The van der Waals surface area contributed by atoms with Crippen molar-refractivity contribution < 1.29 is 18.0 Å². The van der Waals surface area contributed by atoms with E-state index in [1.165, 1.54) is 0 Å². The maximum Gasteiger partial charge on any atom is 0.322 e. The number of hydrogen-bond acceptors (Lipinski definition) is 5. The van der Waals surface area contributed by atoms with Crippen LogP contribution in [0, 0.1) is 18.6 Å². The van der Waals surface area contributed by atoms with Crippen molar-refractivity contribution in [2.75, 3.05) is 5.32 Å². The molecular weight excluding hydrogens is 308 g/mol. The van der Waals surface area contributed by atoms with Crippen molar-refractivity contribution in [2.45, 2.75) is 6.92 Å². The predicted molar refractivity (Wildman–Crippen MR) is 75.5 cm³/mol. The first-order chi connectivity index (χ1) is 10.9. The van der Waals surface area contributed by atoms with Gasteiger partial charge >= 0.3 is 6.01 Å². The number of hydrogen-bond donors (Lipinski definition) is 1. The standard InChI is InChI=1S/C14H11F2N5O2/c1-7-5-11(21(2)20-7)13-18-19-14(23-13)17-12(22)8-3-4-9(15)10(16)6-8/h3-6H,1-2H3,(H,17,19,22). The van der Waals surface area contributed by atoms with Gasteiger partial charge in [-0.1, -0.05) is 5.10 Å². The molecule has 0 aliphatic carbocycles. The molecule has 23 heavy (non-hydrogen) atoms. The van der Waals surface area contributed by atoms with Crippen LogP contribution >= 0.6 is 0 Å². The Balaban J connectivity index is 1.80. The molecule has 3 aromatic rings. The third kappa shape index (κ3) is 2.93. The molecule has 0 saturated carbocycles. The number of nitrogens with one attached hydrogen (secondary N) is 1. The van der Waals surface area contributed by atoms with E-state index in [9.17, 15) is 13.6 Å². The lowest BCUT2D eigenvalue weighted by atomic mass is 10.2. The zero-order valence-electron chi connectivity index (χ0n) is 12.2. The smallest absolute Gasteiger partial charge is 0.322 e. The third-order valence-electron chi connectivity index (χ3n) is 3.05. The summed E-state index contributed by atoms with van der Waals surface area (Å²) in [6.07, 6.45) is 0. The Bertz CT molecular complexity index is 887. The molecule has 3 rings (SSSR count). The SMILES string of the molecule is Cc1cc(-c2nnc(NC(=O)c3ccc(F)c(F)c3)o2)n(C)n1. The normalized spacial score (nSPS) is 10.8. The predicted octanol–water partition coefficient (Wildman–Crippen LogP) is 2.31. The van der Waals surface area contributed by atoms with E-state index < -0.39 is 17.5 Å². The zero-order chi connectivity index (χ0) is 16.6. The fourth-order valence-electron chi connectivity index (χ4n) is 1.99. The Kier molecular flexibility index (Phi) is 3.61. The second-order valence-corrected chi connectivity index (χ2v) is 4.79. The average Bonchev–Trinajstić information content (AvgIpc) is 3.08. The van der Waals surface area contributed by atoms with Gasteiger partial charge in [0.25, 0.3) is 11.8 Å². The van der Waals surface area contributed by atoms with Crippen molar-refractivity contribution in [2.24, 2.45) is 7.05 Å². The lowest BCUT2D eigenvalue weighted by Gasteiger charge is -2.01. The molecule has 0 saturated heterocycles. The van der Waals surface area contributed by atoms with Gasteiger partial charge in [-0.3, -0.25) is 14.8 Å². The summed E-state index contributed by atoms with van der Waals surface area (Å²) in [7, 11) is 1.71. The highest BCUT2D eigenvalue weighted by molar-refractivity contribution is 6.03. The van der Waals surface area contributed by atoms with Gasteiger partial charge in [-0.2, -0.15) is 5.10 Å². The maximum absolute atomic E-state index is 13.1. The van der Waals surface area contributed by atoms with Crippen molar-refractivity contribution in [3.05, 3.63) is 47.2 Å². The topological polar surface area (TPSA) is 85.8 Å². The van der Waals surface area contributed by atoms with E-state index in [-0.39, 0.29) is 17.5 Å². The number of aromatic nitrogens is 4. The molecule has 2 heterocycles. The van der Waals surface area contributed by atoms with Gasteiger partial charge in [-0.05, 0) is 31.2 Å². The molecule has 9 heteroatoms. The van der Waals surface area contributed by atoms with E-state index in [0.717, 1.165) is 23.9 Å². The largest absolute Gasteiger partial charge is 0.401 e. The number of aryl methyl sites for hydroxylation is 2. The second-order valence-electron chi connectivity index (χ2n) is 4.79. The summed E-state index contributed by atoms with van der Waals surface area (Å²) in [5.41, 5.74) is 1.29. The van der Waals surface area contributed by atoms with Crippen LogP contribution in [0.5, 0.6) is 0 Å². The van der Waals surface area contributed by atoms with E-state index in [0.29, 0.717) is 5.69 Å². The van der Waals surface area contributed by atoms with Gasteiger partial charge in [0.05, 0.1) is 5.69 Å². The third-order valence-corrected chi connectivity index (χ3v) is 3.05. The molecule has 1 amide bonds. The summed E-state index contributed by atoms with van der Waals surface area (Å²) < 4.78 is 32.9. The van der Waals surface area contributed by atoms with Crippen LogP contribution in [0.2, 0.25) is 0 Å². The number of nitrogens with zero attached hydrogens (tertiary/aromatic N) is 4. The molecule has 0 radical (unpaired) electrons. The molecule has 2 aromatic heterocycles. The van der Waals surface area contributed by atoms with E-state index >= 15 is 0 Å². The lowest BCUT2D eigenvalue weighted by molar-refractivity contribution is 0.102. The summed E-state index contributed by atoms with van der Waals surface area (Å²) in [6.45, 7) is 1.81. The number of rotatable bonds is 3. The average molecular weight is 319 g/mol. The lowest BCUT2D eigenvalue weighted by Crippen LogP contribution is -2.12. The first kappa shape index (κ1) is 14.8. The Morgan fingerprint density at radius 1 is 1.22 bits per heavy atom. The molecular formula is C14H11F2N5O2. The van der Waals surface area contributed by atoms with Crippen LogP contribution in [0.15, 0.2) is 28.7 Å². The number of anilines is 1. The molecule has 0 aliphatic heterocycles. The van der Waals surface area contributed by atoms with E-state index in [1.807, 2.05) is 6.92 Å². The van der Waals surface area contributed by atoms with Crippen LogP contribution in [0.25, 0.3) is 11.6 Å². The van der Waals surface area contributed by atoms with Crippen LogP contribution in [-0.2, 0) is 7.05 Å². The molecule has 1 N–H and O–H groups in total. The van der Waals surface area contributed by atoms with Crippen LogP contribution in [0.4, 0.5) is 14.8 Å². The molecule has 7 nitrogen and oxygen atoms in total. The highest BCUT2D eigenvalue weighted by atomic mass is 19.2. The zero-order valence-corrected chi connectivity index (χ0v) is 12.2. The van der Waals surface area contributed by atoms with Gasteiger partial charge in [0.15, 0.2) is 11.6 Å². The van der Waals surface area contributed by atoms with Gasteiger partial charge < -0.3 is 4.42 Å². The summed E-state index contributed by atoms with van der Waals surface area (Å²) in [6, 6.07) is 4.38.